The summed E-state index contributed by atoms with van der Waals surface area (Å²) in [6, 6.07) is 8.55. The van der Waals surface area contributed by atoms with Gasteiger partial charge in [0.15, 0.2) is 0 Å². The van der Waals surface area contributed by atoms with Crippen LogP contribution in [0.25, 0.3) is 0 Å². The number of pyridine rings is 1. The largest absolute Gasteiger partial charge is 0.261 e. The van der Waals surface area contributed by atoms with Gasteiger partial charge in [0.05, 0.1) is 4.83 Å². The maximum atomic E-state index is 4.45. The van der Waals surface area contributed by atoms with E-state index in [0.29, 0.717) is 4.83 Å². The average Bonchev–Trinajstić information content (AvgIpc) is 2.81. The average molecular weight is 310 g/mol. The minimum atomic E-state index is 0.376. The fourth-order valence-corrected chi connectivity index (χ4v) is 3.43. The van der Waals surface area contributed by atoms with Crippen LogP contribution in [0.1, 0.15) is 32.8 Å². The third kappa shape index (κ3) is 3.17. The van der Waals surface area contributed by atoms with Crippen molar-refractivity contribution in [3.8, 4) is 0 Å². The van der Waals surface area contributed by atoms with Crippen LogP contribution in [-0.4, -0.2) is 4.98 Å². The van der Waals surface area contributed by atoms with Crippen LogP contribution in [-0.2, 0) is 12.8 Å². The Balaban J connectivity index is 2.11. The molecule has 2 aromatic rings. The molecule has 0 saturated heterocycles. The molecule has 0 aliphatic heterocycles. The van der Waals surface area contributed by atoms with Crippen LogP contribution in [0, 0.1) is 6.92 Å². The molecule has 3 heteroatoms. The maximum Gasteiger partial charge on any atom is 0.0544 e. The molecule has 1 atom stereocenters. The highest BCUT2D eigenvalue weighted by Gasteiger charge is 2.12. The van der Waals surface area contributed by atoms with E-state index in [-0.39, 0.29) is 0 Å². The van der Waals surface area contributed by atoms with Gasteiger partial charge >= 0.3 is 0 Å². The molecule has 0 bridgehead atoms. The minimum Gasteiger partial charge on any atom is -0.261 e. The molecular weight excluding hydrogens is 294 g/mol. The van der Waals surface area contributed by atoms with E-state index in [1.165, 1.54) is 21.0 Å². The Morgan fingerprint density at radius 1 is 1.35 bits per heavy atom. The van der Waals surface area contributed by atoms with Gasteiger partial charge in [0.1, 0.15) is 0 Å². The first-order chi connectivity index (χ1) is 8.20. The molecular formula is C14H16BrNS. The van der Waals surface area contributed by atoms with Gasteiger partial charge < -0.3 is 0 Å². The lowest BCUT2D eigenvalue weighted by atomic mass is 10.1. The van der Waals surface area contributed by atoms with Crippen LogP contribution in [0.2, 0.25) is 0 Å². The zero-order valence-corrected chi connectivity index (χ0v) is 12.5. The van der Waals surface area contributed by atoms with E-state index in [4.69, 9.17) is 0 Å². The Labute approximate surface area is 115 Å². The molecule has 0 aliphatic carbocycles. The molecule has 0 fully saturated rings. The van der Waals surface area contributed by atoms with Gasteiger partial charge in [0.2, 0.25) is 0 Å². The summed E-state index contributed by atoms with van der Waals surface area (Å²) in [4.78, 5) is 7.66. The molecule has 0 spiro atoms. The summed E-state index contributed by atoms with van der Waals surface area (Å²) in [5.41, 5.74) is 2.45. The molecule has 2 aromatic heterocycles. The Hall–Kier alpha value is -0.670. The lowest BCUT2D eigenvalue weighted by Gasteiger charge is -2.09. The number of rotatable bonds is 4. The number of alkyl halides is 1. The molecule has 90 valence electrons. The Morgan fingerprint density at radius 2 is 2.18 bits per heavy atom. The Kier molecular flexibility index (Phi) is 4.35. The number of hydrogen-bond acceptors (Lipinski definition) is 2. The lowest BCUT2D eigenvalue weighted by molar-refractivity contribution is 0.905. The quantitative estimate of drug-likeness (QED) is 0.746. The third-order valence-corrected chi connectivity index (χ3v) is 5.29. The Bertz CT molecular complexity index is 492. The highest BCUT2D eigenvalue weighted by molar-refractivity contribution is 9.09. The van der Waals surface area contributed by atoms with Gasteiger partial charge in [0.25, 0.3) is 0 Å². The summed E-state index contributed by atoms with van der Waals surface area (Å²) >= 11 is 5.66. The standard InChI is InChI=1S/C14H16BrNS/c1-3-11-6-7-14(17-11)12(15)9-13-10(2)5-4-8-16-13/h4-8,12H,3,9H2,1-2H3. The zero-order chi connectivity index (χ0) is 12.3. The fraction of sp³-hybridized carbons (Fsp3) is 0.357. The van der Waals surface area contributed by atoms with Gasteiger partial charge in [-0.3, -0.25) is 4.98 Å². The molecule has 1 unspecified atom stereocenters. The molecule has 0 aliphatic rings. The summed E-state index contributed by atoms with van der Waals surface area (Å²) in [6.45, 7) is 4.32. The van der Waals surface area contributed by atoms with E-state index in [0.717, 1.165) is 12.8 Å². The van der Waals surface area contributed by atoms with Gasteiger partial charge in [-0.25, -0.2) is 0 Å². The second-order valence-electron chi connectivity index (χ2n) is 4.10. The highest BCUT2D eigenvalue weighted by Crippen LogP contribution is 2.32. The monoisotopic (exact) mass is 309 g/mol. The topological polar surface area (TPSA) is 12.9 Å². The van der Waals surface area contributed by atoms with Crippen molar-refractivity contribution < 1.29 is 0 Å². The molecule has 0 radical (unpaired) electrons. The number of thiophene rings is 1. The van der Waals surface area contributed by atoms with Gasteiger partial charge in [0, 0.05) is 28.1 Å². The third-order valence-electron chi connectivity index (χ3n) is 2.83. The zero-order valence-electron chi connectivity index (χ0n) is 10.1. The molecule has 0 N–H and O–H groups in total. The van der Waals surface area contributed by atoms with Crippen LogP contribution in [0.4, 0.5) is 0 Å². The highest BCUT2D eigenvalue weighted by atomic mass is 79.9. The van der Waals surface area contributed by atoms with Gasteiger partial charge in [-0.15, -0.1) is 11.3 Å². The van der Waals surface area contributed by atoms with E-state index >= 15 is 0 Å². The number of hydrogen-bond donors (Lipinski definition) is 0. The number of halogens is 1. The second-order valence-corrected chi connectivity index (χ2v) is 6.40. The van der Waals surface area contributed by atoms with E-state index in [1.807, 2.05) is 23.6 Å². The Morgan fingerprint density at radius 3 is 2.82 bits per heavy atom. The maximum absolute atomic E-state index is 4.45. The summed E-state index contributed by atoms with van der Waals surface area (Å²) in [5.74, 6) is 0. The predicted molar refractivity (Wildman–Crippen MR) is 78.0 cm³/mol. The van der Waals surface area contributed by atoms with Crippen molar-refractivity contribution in [1.29, 1.82) is 0 Å². The van der Waals surface area contributed by atoms with Crippen LogP contribution in [0.5, 0.6) is 0 Å². The van der Waals surface area contributed by atoms with E-state index in [2.05, 4.69) is 53.0 Å². The molecule has 17 heavy (non-hydrogen) atoms. The first-order valence-corrected chi connectivity index (χ1v) is 7.57. The van der Waals surface area contributed by atoms with Crippen molar-refractivity contribution in [2.24, 2.45) is 0 Å². The van der Waals surface area contributed by atoms with Gasteiger partial charge in [-0.2, -0.15) is 0 Å². The van der Waals surface area contributed by atoms with Crippen molar-refractivity contribution in [2.75, 3.05) is 0 Å². The molecule has 2 rings (SSSR count). The minimum absolute atomic E-state index is 0.376. The predicted octanol–water partition coefficient (Wildman–Crippen LogP) is 4.69. The smallest absolute Gasteiger partial charge is 0.0544 e. The summed E-state index contributed by atoms with van der Waals surface area (Å²) in [6.07, 6.45) is 3.94. The van der Waals surface area contributed by atoms with E-state index in [1.54, 1.807) is 0 Å². The van der Waals surface area contributed by atoms with Crippen molar-refractivity contribution in [1.82, 2.24) is 4.98 Å². The molecule has 0 saturated carbocycles. The second kappa shape index (κ2) is 5.78. The van der Waals surface area contributed by atoms with Crippen molar-refractivity contribution in [3.05, 3.63) is 51.5 Å². The van der Waals surface area contributed by atoms with E-state index < -0.39 is 0 Å². The van der Waals surface area contributed by atoms with Crippen LogP contribution in [0.3, 0.4) is 0 Å². The van der Waals surface area contributed by atoms with Crippen molar-refractivity contribution >= 4 is 27.3 Å². The summed E-state index contributed by atoms with van der Waals surface area (Å²) in [5, 5.41) is 0. The first-order valence-electron chi connectivity index (χ1n) is 5.84. The number of aromatic nitrogens is 1. The van der Waals surface area contributed by atoms with E-state index in [9.17, 15) is 0 Å². The van der Waals surface area contributed by atoms with Crippen LogP contribution in [0.15, 0.2) is 30.5 Å². The van der Waals surface area contributed by atoms with Crippen LogP contribution >= 0.6 is 27.3 Å². The summed E-state index contributed by atoms with van der Waals surface area (Å²) in [7, 11) is 0. The normalized spacial score (nSPS) is 12.6. The summed E-state index contributed by atoms with van der Waals surface area (Å²) < 4.78 is 0. The van der Waals surface area contributed by atoms with Crippen molar-refractivity contribution in [3.63, 3.8) is 0 Å². The van der Waals surface area contributed by atoms with Crippen molar-refractivity contribution in [2.45, 2.75) is 31.5 Å². The van der Waals surface area contributed by atoms with Gasteiger partial charge in [-0.1, -0.05) is 28.9 Å². The first kappa shape index (κ1) is 12.8. The van der Waals surface area contributed by atoms with Gasteiger partial charge in [-0.05, 0) is 37.1 Å². The SMILES string of the molecule is CCc1ccc(C(Br)Cc2ncccc2C)s1. The molecule has 1 nitrogen and oxygen atoms in total. The lowest BCUT2D eigenvalue weighted by Crippen LogP contribution is -1.98. The van der Waals surface area contributed by atoms with Crippen LogP contribution < -0.4 is 0 Å². The molecule has 0 aromatic carbocycles. The number of aryl methyl sites for hydroxylation is 2. The molecule has 0 amide bonds. The molecule has 2 heterocycles. The fourth-order valence-electron chi connectivity index (χ4n) is 1.76. The number of nitrogens with zero attached hydrogens (tertiary/aromatic N) is 1.